The lowest BCUT2D eigenvalue weighted by Crippen LogP contribution is -2.24. The Balaban J connectivity index is 2.06. The maximum atomic E-state index is 13.5. The molecule has 3 N–H and O–H groups in total. The minimum Gasteiger partial charge on any atom is -0.382 e. The Kier molecular flexibility index (Phi) is 3.23. The van der Waals surface area contributed by atoms with Crippen molar-refractivity contribution in [3.05, 3.63) is 29.6 Å². The zero-order valence-corrected chi connectivity index (χ0v) is 9.65. The molecule has 0 radical (unpaired) electrons. The summed E-state index contributed by atoms with van der Waals surface area (Å²) < 4.78 is 50.5. The molecule has 0 saturated heterocycles. The van der Waals surface area contributed by atoms with Gasteiger partial charge >= 0.3 is 6.18 Å². The van der Waals surface area contributed by atoms with Crippen LogP contribution in [-0.2, 0) is 6.18 Å². The summed E-state index contributed by atoms with van der Waals surface area (Å²) in [5.41, 5.74) is 4.67. The quantitative estimate of drug-likeness (QED) is 0.819. The summed E-state index contributed by atoms with van der Waals surface area (Å²) in [6.45, 7) is 0.994. The van der Waals surface area contributed by atoms with Crippen LogP contribution in [0.3, 0.4) is 0 Å². The summed E-state index contributed by atoms with van der Waals surface area (Å²) in [4.78, 5) is 0. The lowest BCUT2D eigenvalue weighted by atomic mass is 10.1. The second-order valence-electron chi connectivity index (χ2n) is 4.75. The van der Waals surface area contributed by atoms with Crippen LogP contribution >= 0.6 is 0 Å². The van der Waals surface area contributed by atoms with Crippen molar-refractivity contribution in [1.82, 2.24) is 0 Å². The topological polar surface area (TPSA) is 38.0 Å². The van der Waals surface area contributed by atoms with Crippen LogP contribution in [0.4, 0.5) is 23.2 Å². The molecule has 0 spiro atoms. The minimum atomic E-state index is -4.52. The van der Waals surface area contributed by atoms with E-state index in [4.69, 9.17) is 5.73 Å². The summed E-state index contributed by atoms with van der Waals surface area (Å²) >= 11 is 0. The van der Waals surface area contributed by atoms with E-state index < -0.39 is 17.6 Å². The summed E-state index contributed by atoms with van der Waals surface area (Å²) in [5, 5.41) is 2.82. The highest BCUT2D eigenvalue weighted by Crippen LogP contribution is 2.44. The maximum Gasteiger partial charge on any atom is 0.416 e. The Hall–Kier alpha value is -1.30. The van der Waals surface area contributed by atoms with E-state index in [0.717, 1.165) is 25.0 Å². The molecule has 1 fully saturated rings. The second-order valence-corrected chi connectivity index (χ2v) is 4.75. The molecule has 0 aromatic heterocycles. The van der Waals surface area contributed by atoms with Gasteiger partial charge < -0.3 is 11.1 Å². The van der Waals surface area contributed by atoms with Crippen LogP contribution in [0.15, 0.2) is 18.2 Å². The van der Waals surface area contributed by atoms with Crippen molar-refractivity contribution in [2.24, 2.45) is 11.1 Å². The van der Waals surface area contributed by atoms with Crippen molar-refractivity contribution < 1.29 is 17.6 Å². The number of halogens is 4. The molecule has 1 aliphatic carbocycles. The summed E-state index contributed by atoms with van der Waals surface area (Å²) in [6, 6.07) is 2.49. The number of benzene rings is 1. The Morgan fingerprint density at radius 1 is 1.28 bits per heavy atom. The van der Waals surface area contributed by atoms with Gasteiger partial charge in [0.25, 0.3) is 0 Å². The van der Waals surface area contributed by atoms with Crippen LogP contribution in [-0.4, -0.2) is 13.1 Å². The molecule has 1 saturated carbocycles. The molecule has 0 amide bonds. The fourth-order valence-electron chi connectivity index (χ4n) is 1.75. The normalized spacial score (nSPS) is 17.6. The van der Waals surface area contributed by atoms with Crippen LogP contribution in [0.25, 0.3) is 0 Å². The Bertz CT molecular complexity index is 438. The van der Waals surface area contributed by atoms with Crippen molar-refractivity contribution in [3.8, 4) is 0 Å². The summed E-state index contributed by atoms with van der Waals surface area (Å²) in [5.74, 6) is -0.891. The van der Waals surface area contributed by atoms with Crippen molar-refractivity contribution in [1.29, 1.82) is 0 Å². The number of rotatable bonds is 4. The van der Waals surface area contributed by atoms with E-state index in [9.17, 15) is 17.6 Å². The first-order valence-electron chi connectivity index (χ1n) is 5.67. The fraction of sp³-hybridized carbons (Fsp3) is 0.500. The minimum absolute atomic E-state index is 0.00482. The van der Waals surface area contributed by atoms with E-state index in [-0.39, 0.29) is 11.1 Å². The summed E-state index contributed by atoms with van der Waals surface area (Å²) in [6.07, 6.45) is -2.58. The first-order valence-corrected chi connectivity index (χ1v) is 5.67. The van der Waals surface area contributed by atoms with E-state index in [1.807, 2.05) is 0 Å². The Labute approximate surface area is 102 Å². The lowest BCUT2D eigenvalue weighted by Gasteiger charge is -2.15. The van der Waals surface area contributed by atoms with E-state index >= 15 is 0 Å². The van der Waals surface area contributed by atoms with Crippen molar-refractivity contribution in [2.45, 2.75) is 19.0 Å². The number of nitrogens with one attached hydrogen (secondary N) is 1. The number of alkyl halides is 3. The van der Waals surface area contributed by atoms with Crippen LogP contribution < -0.4 is 11.1 Å². The van der Waals surface area contributed by atoms with E-state index in [2.05, 4.69) is 5.32 Å². The van der Waals surface area contributed by atoms with Crippen LogP contribution in [0.1, 0.15) is 18.4 Å². The largest absolute Gasteiger partial charge is 0.416 e. The average molecular weight is 262 g/mol. The second kappa shape index (κ2) is 4.42. The van der Waals surface area contributed by atoms with Gasteiger partial charge in [-0.1, -0.05) is 0 Å². The predicted octanol–water partition coefficient (Wildman–Crippen LogP) is 3.00. The third-order valence-corrected chi connectivity index (χ3v) is 3.34. The molecule has 1 aromatic carbocycles. The van der Waals surface area contributed by atoms with Gasteiger partial charge in [0.15, 0.2) is 0 Å². The zero-order chi connectivity index (χ0) is 13.4. The molecule has 1 aromatic rings. The van der Waals surface area contributed by atoms with Gasteiger partial charge in [-0.2, -0.15) is 13.2 Å². The molecular formula is C12H14F4N2. The van der Waals surface area contributed by atoms with Gasteiger partial charge in [-0.05, 0) is 43.0 Å². The van der Waals surface area contributed by atoms with Gasteiger partial charge in [-0.15, -0.1) is 0 Å². The third-order valence-electron chi connectivity index (χ3n) is 3.34. The van der Waals surface area contributed by atoms with Gasteiger partial charge in [0.05, 0.1) is 11.3 Å². The molecule has 0 aliphatic heterocycles. The Morgan fingerprint density at radius 3 is 2.39 bits per heavy atom. The Morgan fingerprint density at radius 2 is 1.94 bits per heavy atom. The van der Waals surface area contributed by atoms with Crippen LogP contribution in [0.2, 0.25) is 0 Å². The van der Waals surface area contributed by atoms with Gasteiger partial charge in [-0.3, -0.25) is 0 Å². The molecule has 0 heterocycles. The van der Waals surface area contributed by atoms with Gasteiger partial charge in [-0.25, -0.2) is 4.39 Å². The molecule has 18 heavy (non-hydrogen) atoms. The third kappa shape index (κ3) is 2.75. The summed E-state index contributed by atoms with van der Waals surface area (Å²) in [7, 11) is 0. The fourth-order valence-corrected chi connectivity index (χ4v) is 1.75. The van der Waals surface area contributed by atoms with E-state index in [1.54, 1.807) is 0 Å². The van der Waals surface area contributed by atoms with Crippen molar-refractivity contribution in [2.75, 3.05) is 18.4 Å². The van der Waals surface area contributed by atoms with Gasteiger partial charge in [0.2, 0.25) is 0 Å². The van der Waals surface area contributed by atoms with Gasteiger partial charge in [0.1, 0.15) is 5.82 Å². The highest BCUT2D eigenvalue weighted by molar-refractivity contribution is 5.47. The van der Waals surface area contributed by atoms with E-state index in [0.29, 0.717) is 19.2 Å². The lowest BCUT2D eigenvalue weighted by molar-refractivity contribution is -0.137. The molecular weight excluding hydrogens is 248 g/mol. The highest BCUT2D eigenvalue weighted by atomic mass is 19.4. The molecule has 2 nitrogen and oxygen atoms in total. The molecule has 100 valence electrons. The highest BCUT2D eigenvalue weighted by Gasteiger charge is 2.41. The zero-order valence-electron chi connectivity index (χ0n) is 9.65. The molecule has 0 atom stereocenters. The SMILES string of the molecule is NCC1(CNc2ccc(C(F)(F)F)cc2F)CC1. The maximum absolute atomic E-state index is 13.5. The number of nitrogens with two attached hydrogens (primary N) is 1. The molecule has 0 unspecified atom stereocenters. The number of hydrogen-bond donors (Lipinski definition) is 2. The smallest absolute Gasteiger partial charge is 0.382 e. The van der Waals surface area contributed by atoms with E-state index in [1.165, 1.54) is 0 Å². The standard InChI is InChI=1S/C12H14F4N2/c13-9-5-8(12(14,15)16)1-2-10(9)18-7-11(6-17)3-4-11/h1-2,5,18H,3-4,6-7,17H2. The molecule has 6 heteroatoms. The molecule has 2 rings (SSSR count). The molecule has 0 bridgehead atoms. The first-order chi connectivity index (χ1) is 8.36. The van der Waals surface area contributed by atoms with Crippen molar-refractivity contribution in [3.63, 3.8) is 0 Å². The van der Waals surface area contributed by atoms with Crippen LogP contribution in [0.5, 0.6) is 0 Å². The molecule has 1 aliphatic rings. The van der Waals surface area contributed by atoms with Crippen molar-refractivity contribution >= 4 is 5.69 Å². The predicted molar refractivity (Wildman–Crippen MR) is 60.6 cm³/mol. The van der Waals surface area contributed by atoms with Crippen LogP contribution in [0, 0.1) is 11.2 Å². The average Bonchev–Trinajstić information content (AvgIpc) is 3.07. The first kappa shape index (κ1) is 13.1. The number of anilines is 1. The monoisotopic (exact) mass is 262 g/mol. The number of hydrogen-bond acceptors (Lipinski definition) is 2. The van der Waals surface area contributed by atoms with Gasteiger partial charge in [0, 0.05) is 6.54 Å².